The van der Waals surface area contributed by atoms with Crippen LogP contribution in [0.1, 0.15) is 31.2 Å². The standard InChI is InChI=1S/C13H19NO/c1-10(11-6-3-2-4-7-11)13-12(15)8-5-9-14-13/h2-4,6-7,10,12-15H,5,8-9H2,1H3. The van der Waals surface area contributed by atoms with Gasteiger partial charge in [-0.1, -0.05) is 37.3 Å². The summed E-state index contributed by atoms with van der Waals surface area (Å²) < 4.78 is 0. The van der Waals surface area contributed by atoms with Gasteiger partial charge in [-0.15, -0.1) is 0 Å². The van der Waals surface area contributed by atoms with Gasteiger partial charge in [0.05, 0.1) is 6.10 Å². The minimum absolute atomic E-state index is 0.200. The van der Waals surface area contributed by atoms with Crippen LogP contribution in [0.5, 0.6) is 0 Å². The Morgan fingerprint density at radius 1 is 1.33 bits per heavy atom. The van der Waals surface area contributed by atoms with Crippen LogP contribution in [-0.2, 0) is 0 Å². The Hall–Kier alpha value is -0.860. The molecule has 82 valence electrons. The van der Waals surface area contributed by atoms with Gasteiger partial charge in [0.2, 0.25) is 0 Å². The zero-order valence-corrected chi connectivity index (χ0v) is 9.19. The molecule has 0 bridgehead atoms. The van der Waals surface area contributed by atoms with Crippen LogP contribution in [0.4, 0.5) is 0 Å². The molecule has 0 aromatic heterocycles. The highest BCUT2D eigenvalue weighted by atomic mass is 16.3. The van der Waals surface area contributed by atoms with Crippen molar-refractivity contribution in [3.63, 3.8) is 0 Å². The first-order chi connectivity index (χ1) is 7.29. The van der Waals surface area contributed by atoms with E-state index in [1.54, 1.807) is 0 Å². The summed E-state index contributed by atoms with van der Waals surface area (Å²) in [5.41, 5.74) is 1.30. The lowest BCUT2D eigenvalue weighted by Crippen LogP contribution is -2.47. The maximum absolute atomic E-state index is 9.94. The highest BCUT2D eigenvalue weighted by molar-refractivity contribution is 5.21. The van der Waals surface area contributed by atoms with E-state index in [2.05, 4.69) is 36.5 Å². The predicted octanol–water partition coefficient (Wildman–Crippen LogP) is 1.90. The molecule has 2 nitrogen and oxygen atoms in total. The first-order valence-electron chi connectivity index (χ1n) is 5.75. The number of nitrogens with one attached hydrogen (secondary N) is 1. The minimum atomic E-state index is -0.200. The van der Waals surface area contributed by atoms with Crippen LogP contribution < -0.4 is 5.32 Å². The highest BCUT2D eigenvalue weighted by Crippen LogP contribution is 2.24. The molecule has 0 amide bonds. The van der Waals surface area contributed by atoms with Crippen molar-refractivity contribution >= 4 is 0 Å². The van der Waals surface area contributed by atoms with E-state index in [-0.39, 0.29) is 12.1 Å². The van der Waals surface area contributed by atoms with Gasteiger partial charge in [0.1, 0.15) is 0 Å². The SMILES string of the molecule is CC(c1ccccc1)C1NCCCC1O. The molecule has 2 heteroatoms. The fourth-order valence-electron chi connectivity index (χ4n) is 2.37. The summed E-state index contributed by atoms with van der Waals surface area (Å²) in [5, 5.41) is 13.4. The molecule has 2 rings (SSSR count). The summed E-state index contributed by atoms with van der Waals surface area (Å²) in [7, 11) is 0. The summed E-state index contributed by atoms with van der Waals surface area (Å²) in [6.07, 6.45) is 1.81. The molecular weight excluding hydrogens is 186 g/mol. The van der Waals surface area contributed by atoms with E-state index in [4.69, 9.17) is 0 Å². The van der Waals surface area contributed by atoms with Gasteiger partial charge >= 0.3 is 0 Å². The van der Waals surface area contributed by atoms with E-state index < -0.39 is 0 Å². The molecule has 1 aliphatic rings. The Kier molecular flexibility index (Phi) is 3.39. The van der Waals surface area contributed by atoms with Crippen molar-refractivity contribution in [3.8, 4) is 0 Å². The second-order valence-corrected chi connectivity index (χ2v) is 4.39. The average molecular weight is 205 g/mol. The van der Waals surface area contributed by atoms with Crippen LogP contribution >= 0.6 is 0 Å². The first kappa shape index (κ1) is 10.7. The predicted molar refractivity (Wildman–Crippen MR) is 61.9 cm³/mol. The Bertz CT molecular complexity index is 299. The van der Waals surface area contributed by atoms with Crippen molar-refractivity contribution in [1.29, 1.82) is 0 Å². The van der Waals surface area contributed by atoms with Crippen molar-refractivity contribution in [1.82, 2.24) is 5.32 Å². The third-order valence-corrected chi connectivity index (χ3v) is 3.34. The largest absolute Gasteiger partial charge is 0.391 e. The van der Waals surface area contributed by atoms with Crippen molar-refractivity contribution in [2.45, 2.75) is 37.8 Å². The van der Waals surface area contributed by atoms with Crippen LogP contribution in [0, 0.1) is 0 Å². The van der Waals surface area contributed by atoms with Gasteiger partial charge in [0.15, 0.2) is 0 Å². The number of rotatable bonds is 2. The number of hydrogen-bond donors (Lipinski definition) is 2. The zero-order valence-electron chi connectivity index (χ0n) is 9.19. The van der Waals surface area contributed by atoms with E-state index >= 15 is 0 Å². The van der Waals surface area contributed by atoms with Gasteiger partial charge in [0.25, 0.3) is 0 Å². The van der Waals surface area contributed by atoms with Crippen LogP contribution in [0.15, 0.2) is 30.3 Å². The smallest absolute Gasteiger partial charge is 0.0699 e. The van der Waals surface area contributed by atoms with Gasteiger partial charge in [0, 0.05) is 6.04 Å². The van der Waals surface area contributed by atoms with Gasteiger partial charge in [-0.25, -0.2) is 0 Å². The van der Waals surface area contributed by atoms with E-state index in [9.17, 15) is 5.11 Å². The Morgan fingerprint density at radius 2 is 2.07 bits per heavy atom. The van der Waals surface area contributed by atoms with E-state index in [1.165, 1.54) is 5.56 Å². The number of hydrogen-bond acceptors (Lipinski definition) is 2. The van der Waals surface area contributed by atoms with Crippen LogP contribution in [-0.4, -0.2) is 23.8 Å². The van der Waals surface area contributed by atoms with Crippen LogP contribution in [0.25, 0.3) is 0 Å². The third-order valence-electron chi connectivity index (χ3n) is 3.34. The maximum Gasteiger partial charge on any atom is 0.0699 e. The average Bonchev–Trinajstić information content (AvgIpc) is 2.30. The molecular formula is C13H19NO. The normalized spacial score (nSPS) is 28.7. The molecule has 1 aromatic carbocycles. The van der Waals surface area contributed by atoms with Crippen LogP contribution in [0.3, 0.4) is 0 Å². The van der Waals surface area contributed by atoms with E-state index in [0.717, 1.165) is 19.4 Å². The fourth-order valence-corrected chi connectivity index (χ4v) is 2.37. The quantitative estimate of drug-likeness (QED) is 0.773. The Balaban J connectivity index is 2.09. The van der Waals surface area contributed by atoms with Crippen molar-refractivity contribution < 1.29 is 5.11 Å². The molecule has 1 aliphatic heterocycles. The molecule has 0 spiro atoms. The van der Waals surface area contributed by atoms with Gasteiger partial charge in [-0.2, -0.15) is 0 Å². The zero-order chi connectivity index (χ0) is 10.7. The Labute approximate surface area is 91.3 Å². The molecule has 0 radical (unpaired) electrons. The summed E-state index contributed by atoms with van der Waals surface area (Å²) in [6.45, 7) is 3.21. The molecule has 3 unspecified atom stereocenters. The van der Waals surface area contributed by atoms with E-state index in [1.807, 2.05) is 6.07 Å². The monoisotopic (exact) mass is 205 g/mol. The summed E-state index contributed by atoms with van der Waals surface area (Å²) in [5.74, 6) is 0.376. The summed E-state index contributed by atoms with van der Waals surface area (Å²) in [4.78, 5) is 0. The molecule has 1 fully saturated rings. The second kappa shape index (κ2) is 4.77. The molecule has 1 heterocycles. The molecule has 15 heavy (non-hydrogen) atoms. The molecule has 0 aliphatic carbocycles. The molecule has 2 N–H and O–H groups in total. The summed E-state index contributed by atoms with van der Waals surface area (Å²) in [6, 6.07) is 10.6. The van der Waals surface area contributed by atoms with E-state index in [0.29, 0.717) is 5.92 Å². The number of aliphatic hydroxyl groups excluding tert-OH is 1. The lowest BCUT2D eigenvalue weighted by atomic mass is 9.86. The van der Waals surface area contributed by atoms with Crippen molar-refractivity contribution in [2.75, 3.05) is 6.54 Å². The van der Waals surface area contributed by atoms with Gasteiger partial charge < -0.3 is 10.4 Å². The number of piperidine rings is 1. The number of benzene rings is 1. The molecule has 3 atom stereocenters. The topological polar surface area (TPSA) is 32.3 Å². The summed E-state index contributed by atoms with van der Waals surface area (Å²) >= 11 is 0. The lowest BCUT2D eigenvalue weighted by Gasteiger charge is -2.33. The maximum atomic E-state index is 9.94. The second-order valence-electron chi connectivity index (χ2n) is 4.39. The molecule has 0 saturated carbocycles. The molecule has 1 aromatic rings. The fraction of sp³-hybridized carbons (Fsp3) is 0.538. The van der Waals surface area contributed by atoms with Crippen molar-refractivity contribution in [3.05, 3.63) is 35.9 Å². The van der Waals surface area contributed by atoms with Crippen molar-refractivity contribution in [2.24, 2.45) is 0 Å². The Morgan fingerprint density at radius 3 is 2.73 bits per heavy atom. The lowest BCUT2D eigenvalue weighted by molar-refractivity contribution is 0.0861. The van der Waals surface area contributed by atoms with Crippen LogP contribution in [0.2, 0.25) is 0 Å². The third kappa shape index (κ3) is 2.39. The van der Waals surface area contributed by atoms with Gasteiger partial charge in [-0.05, 0) is 30.9 Å². The minimum Gasteiger partial charge on any atom is -0.391 e. The van der Waals surface area contributed by atoms with Gasteiger partial charge in [-0.3, -0.25) is 0 Å². The highest BCUT2D eigenvalue weighted by Gasteiger charge is 2.28. The number of aliphatic hydroxyl groups is 1. The first-order valence-corrected chi connectivity index (χ1v) is 5.75. The molecule has 1 saturated heterocycles.